The number of rotatable bonds is 4. The molecular weight excluding hydrogens is 323 g/mol. The number of carboxylic acid groups (broad SMARTS) is 1. The van der Waals surface area contributed by atoms with Gasteiger partial charge in [0.25, 0.3) is 0 Å². The van der Waals surface area contributed by atoms with E-state index in [1.165, 1.54) is 12.1 Å². The Bertz CT molecular complexity index is 557. The van der Waals surface area contributed by atoms with E-state index < -0.39 is 23.6 Å². The van der Waals surface area contributed by atoms with Gasteiger partial charge in [-0.3, -0.25) is 0 Å². The van der Waals surface area contributed by atoms with Crippen LogP contribution in [-0.4, -0.2) is 23.0 Å². The maximum Gasteiger partial charge on any atom is 0.573 e. The highest BCUT2D eigenvalue weighted by Crippen LogP contribution is 2.36. The standard InChI is InChI=1S/C14H15ClF3NO3/c15-10-8-9(4-5-11(10)22-14(16,17)18)19-13(12(20)21)6-2-1-3-7-13/h4-5,8,19H,1-3,6-7H2,(H,20,21). The van der Waals surface area contributed by atoms with Crippen molar-refractivity contribution in [1.82, 2.24) is 0 Å². The van der Waals surface area contributed by atoms with Gasteiger partial charge in [0.15, 0.2) is 0 Å². The molecule has 22 heavy (non-hydrogen) atoms. The van der Waals surface area contributed by atoms with Gasteiger partial charge in [0.2, 0.25) is 0 Å². The summed E-state index contributed by atoms with van der Waals surface area (Å²) in [6.45, 7) is 0. The van der Waals surface area contributed by atoms with Gasteiger partial charge in [-0.25, -0.2) is 4.79 Å². The number of carboxylic acids is 1. The number of carbonyl (C=O) groups is 1. The molecule has 8 heteroatoms. The van der Waals surface area contributed by atoms with E-state index in [1.807, 2.05) is 0 Å². The van der Waals surface area contributed by atoms with Crippen LogP contribution >= 0.6 is 11.6 Å². The molecule has 1 aromatic carbocycles. The Morgan fingerprint density at radius 3 is 2.41 bits per heavy atom. The summed E-state index contributed by atoms with van der Waals surface area (Å²) in [6.07, 6.45) is -1.38. The van der Waals surface area contributed by atoms with Crippen molar-refractivity contribution in [2.45, 2.75) is 44.0 Å². The minimum absolute atomic E-state index is 0.237. The topological polar surface area (TPSA) is 58.6 Å². The summed E-state index contributed by atoms with van der Waals surface area (Å²) in [7, 11) is 0. The monoisotopic (exact) mass is 337 g/mol. The molecule has 0 bridgehead atoms. The van der Waals surface area contributed by atoms with E-state index in [-0.39, 0.29) is 5.02 Å². The molecule has 0 spiro atoms. The van der Waals surface area contributed by atoms with Crippen LogP contribution in [0.4, 0.5) is 18.9 Å². The molecule has 0 radical (unpaired) electrons. The summed E-state index contributed by atoms with van der Waals surface area (Å²) in [6, 6.07) is 3.63. The molecule has 1 fully saturated rings. The zero-order valence-corrected chi connectivity index (χ0v) is 12.3. The molecule has 1 aliphatic carbocycles. The van der Waals surface area contributed by atoms with Crippen LogP contribution in [0.3, 0.4) is 0 Å². The smallest absolute Gasteiger partial charge is 0.480 e. The van der Waals surface area contributed by atoms with Crippen molar-refractivity contribution in [2.24, 2.45) is 0 Å². The van der Waals surface area contributed by atoms with Gasteiger partial charge < -0.3 is 15.2 Å². The number of halogens is 4. The summed E-state index contributed by atoms with van der Waals surface area (Å²) in [4.78, 5) is 11.6. The van der Waals surface area contributed by atoms with Crippen LogP contribution < -0.4 is 10.1 Å². The third kappa shape index (κ3) is 3.97. The molecule has 0 amide bonds. The molecule has 2 rings (SSSR count). The number of benzene rings is 1. The molecule has 0 saturated heterocycles. The first-order valence-corrected chi connectivity index (χ1v) is 7.17. The quantitative estimate of drug-likeness (QED) is 0.853. The van der Waals surface area contributed by atoms with Crippen LogP contribution in [0.25, 0.3) is 0 Å². The van der Waals surface area contributed by atoms with Gasteiger partial charge in [-0.1, -0.05) is 30.9 Å². The fraction of sp³-hybridized carbons (Fsp3) is 0.500. The minimum atomic E-state index is -4.83. The zero-order valence-electron chi connectivity index (χ0n) is 11.5. The largest absolute Gasteiger partial charge is 0.573 e. The predicted octanol–water partition coefficient (Wildman–Crippen LogP) is 4.44. The van der Waals surface area contributed by atoms with Crippen molar-refractivity contribution in [3.8, 4) is 5.75 Å². The highest BCUT2D eigenvalue weighted by Gasteiger charge is 2.39. The van der Waals surface area contributed by atoms with Crippen molar-refractivity contribution in [2.75, 3.05) is 5.32 Å². The molecule has 2 N–H and O–H groups in total. The van der Waals surface area contributed by atoms with Gasteiger partial charge in [0.1, 0.15) is 11.3 Å². The van der Waals surface area contributed by atoms with E-state index in [0.29, 0.717) is 18.5 Å². The Kier molecular flexibility index (Phi) is 4.75. The van der Waals surface area contributed by atoms with Crippen LogP contribution in [0, 0.1) is 0 Å². The first kappa shape index (κ1) is 16.7. The highest BCUT2D eigenvalue weighted by atomic mass is 35.5. The SMILES string of the molecule is O=C(O)C1(Nc2ccc(OC(F)(F)F)c(Cl)c2)CCCCC1. The molecule has 4 nitrogen and oxygen atoms in total. The average Bonchev–Trinajstić information content (AvgIpc) is 2.41. The lowest BCUT2D eigenvalue weighted by molar-refractivity contribution is -0.274. The Hall–Kier alpha value is -1.63. The number of alkyl halides is 3. The highest BCUT2D eigenvalue weighted by molar-refractivity contribution is 6.32. The molecule has 0 aromatic heterocycles. The van der Waals surface area contributed by atoms with Crippen molar-refractivity contribution in [1.29, 1.82) is 0 Å². The van der Waals surface area contributed by atoms with E-state index in [1.54, 1.807) is 0 Å². The lowest BCUT2D eigenvalue weighted by Gasteiger charge is -2.35. The first-order chi connectivity index (χ1) is 10.2. The molecule has 0 atom stereocenters. The minimum Gasteiger partial charge on any atom is -0.480 e. The number of aliphatic carboxylic acids is 1. The van der Waals surface area contributed by atoms with Gasteiger partial charge in [-0.15, -0.1) is 13.2 Å². The Labute approximate surface area is 130 Å². The maximum atomic E-state index is 12.2. The van der Waals surface area contributed by atoms with E-state index in [9.17, 15) is 23.1 Å². The second-order valence-electron chi connectivity index (χ2n) is 5.27. The molecular formula is C14H15ClF3NO3. The Balaban J connectivity index is 2.19. The van der Waals surface area contributed by atoms with Gasteiger partial charge in [-0.05, 0) is 31.0 Å². The fourth-order valence-electron chi connectivity index (χ4n) is 2.61. The normalized spacial score (nSPS) is 17.8. The maximum absolute atomic E-state index is 12.2. The molecule has 122 valence electrons. The van der Waals surface area contributed by atoms with Crippen molar-refractivity contribution in [3.63, 3.8) is 0 Å². The molecule has 1 saturated carbocycles. The van der Waals surface area contributed by atoms with Crippen molar-refractivity contribution >= 4 is 23.3 Å². The number of nitrogens with one attached hydrogen (secondary N) is 1. The first-order valence-electron chi connectivity index (χ1n) is 6.79. The third-order valence-corrected chi connectivity index (χ3v) is 3.95. The number of anilines is 1. The summed E-state index contributed by atoms with van der Waals surface area (Å²) in [5, 5.41) is 12.1. The number of hydrogen-bond acceptors (Lipinski definition) is 3. The summed E-state index contributed by atoms with van der Waals surface area (Å²) >= 11 is 5.77. The summed E-state index contributed by atoms with van der Waals surface area (Å²) in [5.41, 5.74) is -0.752. The van der Waals surface area contributed by atoms with Crippen molar-refractivity contribution < 1.29 is 27.8 Å². The van der Waals surface area contributed by atoms with E-state index in [4.69, 9.17) is 11.6 Å². The number of hydrogen-bond donors (Lipinski definition) is 2. The molecule has 1 aromatic rings. The van der Waals surface area contributed by atoms with E-state index >= 15 is 0 Å². The number of ether oxygens (including phenoxy) is 1. The predicted molar refractivity (Wildman–Crippen MR) is 75.2 cm³/mol. The van der Waals surface area contributed by atoms with Gasteiger partial charge >= 0.3 is 12.3 Å². The molecule has 1 aliphatic rings. The zero-order chi connectivity index (χ0) is 16.4. The second kappa shape index (κ2) is 6.24. The van der Waals surface area contributed by atoms with E-state index in [2.05, 4.69) is 10.1 Å². The van der Waals surface area contributed by atoms with Crippen molar-refractivity contribution in [3.05, 3.63) is 23.2 Å². The molecule has 0 aliphatic heterocycles. The lowest BCUT2D eigenvalue weighted by atomic mass is 9.81. The third-order valence-electron chi connectivity index (χ3n) is 3.66. The summed E-state index contributed by atoms with van der Waals surface area (Å²) in [5.74, 6) is -1.49. The van der Waals surface area contributed by atoms with Crippen LogP contribution in [0.1, 0.15) is 32.1 Å². The van der Waals surface area contributed by atoms with Crippen LogP contribution in [-0.2, 0) is 4.79 Å². The fourth-order valence-corrected chi connectivity index (χ4v) is 2.83. The molecule has 0 heterocycles. The van der Waals surface area contributed by atoms with Gasteiger partial charge in [0.05, 0.1) is 5.02 Å². The average molecular weight is 338 g/mol. The Morgan fingerprint density at radius 2 is 1.91 bits per heavy atom. The Morgan fingerprint density at radius 1 is 1.27 bits per heavy atom. The van der Waals surface area contributed by atoms with Crippen LogP contribution in [0.15, 0.2) is 18.2 Å². The van der Waals surface area contributed by atoms with Crippen LogP contribution in [0.2, 0.25) is 5.02 Å². The van der Waals surface area contributed by atoms with Crippen LogP contribution in [0.5, 0.6) is 5.75 Å². The van der Waals surface area contributed by atoms with E-state index in [0.717, 1.165) is 25.3 Å². The van der Waals surface area contributed by atoms with Gasteiger partial charge in [-0.2, -0.15) is 0 Å². The summed E-state index contributed by atoms with van der Waals surface area (Å²) < 4.78 is 40.3. The van der Waals surface area contributed by atoms with Gasteiger partial charge in [0, 0.05) is 5.69 Å². The lowest BCUT2D eigenvalue weighted by Crippen LogP contribution is -2.47. The molecule has 0 unspecified atom stereocenters. The second-order valence-corrected chi connectivity index (χ2v) is 5.67.